The summed E-state index contributed by atoms with van der Waals surface area (Å²) in [4.78, 5) is 10.6. The highest BCUT2D eigenvalue weighted by atomic mass is 16.6. The summed E-state index contributed by atoms with van der Waals surface area (Å²) in [5.41, 5.74) is 0.547. The van der Waals surface area contributed by atoms with Gasteiger partial charge in [-0.15, -0.1) is 0 Å². The number of methoxy groups -OCH3 is 1. The number of rotatable bonds is 5. The fourth-order valence-corrected chi connectivity index (χ4v) is 1.94. The zero-order valence-electron chi connectivity index (χ0n) is 10.2. The predicted octanol–water partition coefficient (Wildman–Crippen LogP) is 2.48. The second-order valence-electron chi connectivity index (χ2n) is 3.94. The van der Waals surface area contributed by atoms with Crippen molar-refractivity contribution in [3.05, 3.63) is 33.9 Å². The van der Waals surface area contributed by atoms with Crippen LogP contribution in [0.4, 0.5) is 5.69 Å². The first-order valence-corrected chi connectivity index (χ1v) is 5.51. The van der Waals surface area contributed by atoms with Crippen molar-refractivity contribution >= 4 is 5.69 Å². The second-order valence-corrected chi connectivity index (χ2v) is 3.94. The average Bonchev–Trinajstić information content (AvgIpc) is 2.29. The Bertz CT molecular complexity index is 403. The summed E-state index contributed by atoms with van der Waals surface area (Å²) in [5.74, 6) is 0.210. The largest absolute Gasteiger partial charge is 0.497 e. The molecule has 1 aromatic rings. The molecule has 0 aliphatic carbocycles. The number of benzene rings is 1. The third-order valence-electron chi connectivity index (χ3n) is 2.86. The van der Waals surface area contributed by atoms with E-state index < -0.39 is 11.0 Å². The SMILES string of the molecule is CCC(c1ccc(OC)cc1[N+](=O)[O-])C(C)O. The van der Waals surface area contributed by atoms with Gasteiger partial charge in [-0.1, -0.05) is 6.92 Å². The lowest BCUT2D eigenvalue weighted by atomic mass is 9.90. The highest BCUT2D eigenvalue weighted by Crippen LogP contribution is 2.33. The van der Waals surface area contributed by atoms with E-state index in [1.165, 1.54) is 13.2 Å². The lowest BCUT2D eigenvalue weighted by molar-refractivity contribution is -0.385. The molecule has 0 aliphatic rings. The number of aliphatic hydroxyl groups is 1. The van der Waals surface area contributed by atoms with Gasteiger partial charge >= 0.3 is 0 Å². The van der Waals surface area contributed by atoms with Crippen LogP contribution in [0.2, 0.25) is 0 Å². The summed E-state index contributed by atoms with van der Waals surface area (Å²) in [5, 5.41) is 20.6. The number of hydrogen-bond acceptors (Lipinski definition) is 4. The summed E-state index contributed by atoms with van der Waals surface area (Å²) in [6, 6.07) is 4.71. The fraction of sp³-hybridized carbons (Fsp3) is 0.500. The van der Waals surface area contributed by atoms with Crippen molar-refractivity contribution in [3.63, 3.8) is 0 Å². The third kappa shape index (κ3) is 2.94. The van der Waals surface area contributed by atoms with Crippen molar-refractivity contribution in [1.29, 1.82) is 0 Å². The molecule has 0 saturated heterocycles. The van der Waals surface area contributed by atoms with Crippen LogP contribution in [-0.2, 0) is 0 Å². The van der Waals surface area contributed by atoms with Crippen molar-refractivity contribution in [2.24, 2.45) is 0 Å². The number of nitro groups is 1. The van der Waals surface area contributed by atoms with Crippen LogP contribution in [-0.4, -0.2) is 23.2 Å². The van der Waals surface area contributed by atoms with Gasteiger partial charge in [0.2, 0.25) is 0 Å². The quantitative estimate of drug-likeness (QED) is 0.632. The van der Waals surface area contributed by atoms with Crippen molar-refractivity contribution < 1.29 is 14.8 Å². The van der Waals surface area contributed by atoms with Gasteiger partial charge in [-0.25, -0.2) is 0 Å². The minimum absolute atomic E-state index is 0.00269. The van der Waals surface area contributed by atoms with E-state index in [4.69, 9.17) is 4.74 Å². The molecule has 0 saturated carbocycles. The number of aliphatic hydroxyl groups excluding tert-OH is 1. The van der Waals surface area contributed by atoms with Crippen LogP contribution in [0.15, 0.2) is 18.2 Å². The summed E-state index contributed by atoms with van der Waals surface area (Å²) >= 11 is 0. The molecule has 0 bridgehead atoms. The van der Waals surface area contributed by atoms with E-state index in [0.717, 1.165) is 0 Å². The van der Waals surface area contributed by atoms with Gasteiger partial charge in [0.25, 0.3) is 5.69 Å². The fourth-order valence-electron chi connectivity index (χ4n) is 1.94. The van der Waals surface area contributed by atoms with Gasteiger partial charge in [-0.3, -0.25) is 10.1 Å². The molecule has 1 rings (SSSR count). The number of ether oxygens (including phenoxy) is 1. The van der Waals surface area contributed by atoms with Crippen molar-refractivity contribution in [2.45, 2.75) is 32.3 Å². The lowest BCUT2D eigenvalue weighted by Gasteiger charge is -2.18. The van der Waals surface area contributed by atoms with E-state index in [1.54, 1.807) is 19.1 Å². The Balaban J connectivity index is 3.26. The van der Waals surface area contributed by atoms with Gasteiger partial charge in [-0.2, -0.15) is 0 Å². The highest BCUT2D eigenvalue weighted by molar-refractivity contribution is 5.48. The molecule has 0 radical (unpaired) electrons. The lowest BCUT2D eigenvalue weighted by Crippen LogP contribution is -2.15. The molecule has 0 heterocycles. The Labute approximate surface area is 100 Å². The molecule has 5 heteroatoms. The van der Waals surface area contributed by atoms with E-state index in [9.17, 15) is 15.2 Å². The average molecular weight is 239 g/mol. The highest BCUT2D eigenvalue weighted by Gasteiger charge is 2.24. The Hall–Kier alpha value is -1.62. The van der Waals surface area contributed by atoms with Crippen LogP contribution < -0.4 is 4.74 Å². The molecule has 0 fully saturated rings. The van der Waals surface area contributed by atoms with Gasteiger partial charge in [0, 0.05) is 11.5 Å². The Morgan fingerprint density at radius 2 is 2.18 bits per heavy atom. The summed E-state index contributed by atoms with van der Waals surface area (Å²) < 4.78 is 4.97. The minimum Gasteiger partial charge on any atom is -0.497 e. The zero-order chi connectivity index (χ0) is 13.0. The molecular formula is C12H17NO4. The minimum atomic E-state index is -0.618. The maximum atomic E-state index is 11.0. The molecular weight excluding hydrogens is 222 g/mol. The standard InChI is InChI=1S/C12H17NO4/c1-4-10(8(2)14)11-6-5-9(17-3)7-12(11)13(15)16/h5-8,10,14H,4H2,1-3H3. The third-order valence-corrected chi connectivity index (χ3v) is 2.86. The van der Waals surface area contributed by atoms with Crippen molar-refractivity contribution in [2.75, 3.05) is 7.11 Å². The van der Waals surface area contributed by atoms with Gasteiger partial charge in [0.05, 0.1) is 24.2 Å². The van der Waals surface area contributed by atoms with Gasteiger partial charge in [0.15, 0.2) is 0 Å². The molecule has 0 amide bonds. The van der Waals surface area contributed by atoms with Crippen LogP contribution >= 0.6 is 0 Å². The normalized spacial score (nSPS) is 14.1. The van der Waals surface area contributed by atoms with Gasteiger partial charge in [0.1, 0.15) is 5.75 Å². The molecule has 0 aliphatic heterocycles. The van der Waals surface area contributed by atoms with Crippen LogP contribution in [0, 0.1) is 10.1 Å². The van der Waals surface area contributed by atoms with E-state index in [-0.39, 0.29) is 11.6 Å². The second kappa shape index (κ2) is 5.63. The number of nitro benzene ring substituents is 1. The van der Waals surface area contributed by atoms with Crippen LogP contribution in [0.25, 0.3) is 0 Å². The molecule has 94 valence electrons. The van der Waals surface area contributed by atoms with Crippen LogP contribution in [0.1, 0.15) is 31.7 Å². The summed E-state index contributed by atoms with van der Waals surface area (Å²) in [6.45, 7) is 3.54. The van der Waals surface area contributed by atoms with Gasteiger partial charge in [-0.05, 0) is 25.5 Å². The van der Waals surface area contributed by atoms with E-state index >= 15 is 0 Å². The molecule has 0 aromatic heterocycles. The van der Waals surface area contributed by atoms with Crippen molar-refractivity contribution in [1.82, 2.24) is 0 Å². The maximum Gasteiger partial charge on any atom is 0.276 e. The summed E-state index contributed by atoms with van der Waals surface area (Å²) in [6.07, 6.45) is 0.0253. The first-order chi connectivity index (χ1) is 8.01. The Morgan fingerprint density at radius 1 is 1.53 bits per heavy atom. The molecule has 2 unspecified atom stereocenters. The number of nitrogens with zero attached hydrogens (tertiary/aromatic N) is 1. The maximum absolute atomic E-state index is 11.0. The zero-order valence-corrected chi connectivity index (χ0v) is 10.2. The Morgan fingerprint density at radius 3 is 2.59 bits per heavy atom. The van der Waals surface area contributed by atoms with Crippen LogP contribution in [0.3, 0.4) is 0 Å². The topological polar surface area (TPSA) is 72.6 Å². The van der Waals surface area contributed by atoms with E-state index in [0.29, 0.717) is 17.7 Å². The summed E-state index contributed by atoms with van der Waals surface area (Å²) in [7, 11) is 1.46. The molecule has 1 N–H and O–H groups in total. The molecule has 17 heavy (non-hydrogen) atoms. The predicted molar refractivity (Wildman–Crippen MR) is 64.4 cm³/mol. The monoisotopic (exact) mass is 239 g/mol. The number of hydrogen-bond donors (Lipinski definition) is 1. The van der Waals surface area contributed by atoms with Crippen molar-refractivity contribution in [3.8, 4) is 5.75 Å². The van der Waals surface area contributed by atoms with E-state index in [1.807, 2.05) is 6.92 Å². The molecule has 0 spiro atoms. The molecule has 1 aromatic carbocycles. The van der Waals surface area contributed by atoms with Crippen LogP contribution in [0.5, 0.6) is 5.75 Å². The molecule has 5 nitrogen and oxygen atoms in total. The molecule has 2 atom stereocenters. The first-order valence-electron chi connectivity index (χ1n) is 5.51. The Kier molecular flexibility index (Phi) is 4.45. The van der Waals surface area contributed by atoms with E-state index in [2.05, 4.69) is 0 Å². The smallest absolute Gasteiger partial charge is 0.276 e. The van der Waals surface area contributed by atoms with Gasteiger partial charge < -0.3 is 9.84 Å². The first kappa shape index (κ1) is 13.4.